The van der Waals surface area contributed by atoms with E-state index in [0.717, 1.165) is 25.3 Å². The number of fused-ring (bicyclic) bond motifs is 1. The fourth-order valence-corrected chi connectivity index (χ4v) is 2.14. The van der Waals surface area contributed by atoms with Crippen molar-refractivity contribution in [3.8, 4) is 11.3 Å². The van der Waals surface area contributed by atoms with Crippen LogP contribution < -0.4 is 5.32 Å². The summed E-state index contributed by atoms with van der Waals surface area (Å²) in [6, 6.07) is 8.28. The van der Waals surface area contributed by atoms with E-state index in [9.17, 15) is 0 Å². The van der Waals surface area contributed by atoms with Crippen molar-refractivity contribution >= 4 is 5.57 Å². The quantitative estimate of drug-likeness (QED) is 0.764. The first-order chi connectivity index (χ1) is 7.45. The van der Waals surface area contributed by atoms with Gasteiger partial charge in [0.25, 0.3) is 0 Å². The number of hydrogen-bond donors (Lipinski definition) is 1. The normalized spacial score (nSPS) is 16.7. The second-order valence-electron chi connectivity index (χ2n) is 3.82. The average Bonchev–Trinajstić information content (AvgIpc) is 2.74. The van der Waals surface area contributed by atoms with E-state index >= 15 is 0 Å². The lowest BCUT2D eigenvalue weighted by molar-refractivity contribution is 0.567. The van der Waals surface area contributed by atoms with Gasteiger partial charge in [0, 0.05) is 12.1 Å². The Kier molecular flexibility index (Phi) is 2.07. The highest BCUT2D eigenvalue weighted by atomic mass is 16.3. The predicted octanol–water partition coefficient (Wildman–Crippen LogP) is 2.76. The fraction of sp³-hybridized carbons (Fsp3) is 0.231. The van der Waals surface area contributed by atoms with Crippen LogP contribution in [0.5, 0.6) is 0 Å². The summed E-state index contributed by atoms with van der Waals surface area (Å²) >= 11 is 0. The molecule has 2 aliphatic heterocycles. The van der Waals surface area contributed by atoms with Crippen molar-refractivity contribution in [1.29, 1.82) is 0 Å². The molecule has 3 aliphatic rings. The molecule has 3 rings (SSSR count). The smallest absolute Gasteiger partial charge is 0.134 e. The number of hydrogen-bond acceptors (Lipinski definition) is 2. The Labute approximate surface area is 88.9 Å². The van der Waals surface area contributed by atoms with E-state index < -0.39 is 0 Å². The molecule has 0 unspecified atom stereocenters. The largest absolute Gasteiger partial charge is 0.464 e. The Hall–Kier alpha value is -1.54. The Morgan fingerprint density at radius 1 is 1.13 bits per heavy atom. The SMILES string of the molecule is C1=C(c2ccc3occcc2-3)CCNC1. The van der Waals surface area contributed by atoms with E-state index in [4.69, 9.17) is 4.42 Å². The van der Waals surface area contributed by atoms with Crippen LogP contribution in [0.15, 0.2) is 41.0 Å². The van der Waals surface area contributed by atoms with Gasteiger partial charge in [-0.2, -0.15) is 0 Å². The fourth-order valence-electron chi connectivity index (χ4n) is 2.14. The van der Waals surface area contributed by atoms with E-state index in [0.29, 0.717) is 0 Å². The summed E-state index contributed by atoms with van der Waals surface area (Å²) in [5, 5.41) is 3.32. The molecule has 0 saturated heterocycles. The molecule has 15 heavy (non-hydrogen) atoms. The molecule has 1 aliphatic carbocycles. The van der Waals surface area contributed by atoms with Crippen molar-refractivity contribution in [2.24, 2.45) is 0 Å². The molecular formula is C13H13NO. The molecule has 0 fully saturated rings. The third-order valence-corrected chi connectivity index (χ3v) is 2.90. The molecule has 0 bridgehead atoms. The second kappa shape index (κ2) is 3.55. The van der Waals surface area contributed by atoms with Crippen LogP contribution >= 0.6 is 0 Å². The summed E-state index contributed by atoms with van der Waals surface area (Å²) in [5.41, 5.74) is 3.99. The molecule has 0 aromatic heterocycles. The highest BCUT2D eigenvalue weighted by Crippen LogP contribution is 2.34. The summed E-state index contributed by atoms with van der Waals surface area (Å²) in [6.07, 6.45) is 5.10. The molecule has 0 atom stereocenters. The maximum absolute atomic E-state index is 5.44. The molecule has 0 aromatic carbocycles. The van der Waals surface area contributed by atoms with Crippen LogP contribution in [0.1, 0.15) is 12.0 Å². The molecule has 0 aromatic rings. The minimum absolute atomic E-state index is 0.978. The van der Waals surface area contributed by atoms with Gasteiger partial charge in [-0.25, -0.2) is 0 Å². The molecule has 2 heterocycles. The monoisotopic (exact) mass is 199 g/mol. The molecule has 2 heteroatoms. The van der Waals surface area contributed by atoms with Gasteiger partial charge in [0.1, 0.15) is 5.76 Å². The first kappa shape index (κ1) is 8.74. The second-order valence-corrected chi connectivity index (χ2v) is 3.82. The lowest BCUT2D eigenvalue weighted by atomic mass is 9.99. The van der Waals surface area contributed by atoms with Gasteiger partial charge < -0.3 is 9.73 Å². The van der Waals surface area contributed by atoms with Crippen LogP contribution in [0.2, 0.25) is 0 Å². The van der Waals surface area contributed by atoms with Crippen molar-refractivity contribution < 1.29 is 4.42 Å². The van der Waals surface area contributed by atoms with Crippen LogP contribution in [0.4, 0.5) is 0 Å². The third-order valence-electron chi connectivity index (χ3n) is 2.90. The van der Waals surface area contributed by atoms with Crippen molar-refractivity contribution in [2.45, 2.75) is 6.42 Å². The summed E-state index contributed by atoms with van der Waals surface area (Å²) in [6.45, 7) is 2.05. The van der Waals surface area contributed by atoms with Crippen molar-refractivity contribution in [3.63, 3.8) is 0 Å². The highest BCUT2D eigenvalue weighted by Gasteiger charge is 2.14. The van der Waals surface area contributed by atoms with Crippen molar-refractivity contribution in [3.05, 3.63) is 42.2 Å². The molecule has 1 N–H and O–H groups in total. The lowest BCUT2D eigenvalue weighted by Crippen LogP contribution is -2.19. The van der Waals surface area contributed by atoms with Crippen LogP contribution in [0.3, 0.4) is 0 Å². The minimum atomic E-state index is 0.978. The van der Waals surface area contributed by atoms with Gasteiger partial charge in [-0.3, -0.25) is 0 Å². The van der Waals surface area contributed by atoms with E-state index in [1.165, 1.54) is 16.7 Å². The maximum Gasteiger partial charge on any atom is 0.134 e. The molecule has 0 amide bonds. The average molecular weight is 199 g/mol. The van der Waals surface area contributed by atoms with Crippen molar-refractivity contribution in [1.82, 2.24) is 5.32 Å². The number of nitrogens with one attached hydrogen (secondary N) is 1. The Morgan fingerprint density at radius 3 is 3.00 bits per heavy atom. The van der Waals surface area contributed by atoms with Gasteiger partial charge in [-0.1, -0.05) is 12.1 Å². The van der Waals surface area contributed by atoms with Gasteiger partial charge >= 0.3 is 0 Å². The predicted molar refractivity (Wildman–Crippen MR) is 60.8 cm³/mol. The molecule has 76 valence electrons. The van der Waals surface area contributed by atoms with E-state index in [-0.39, 0.29) is 0 Å². The zero-order valence-corrected chi connectivity index (χ0v) is 8.49. The topological polar surface area (TPSA) is 25.2 Å². The maximum atomic E-state index is 5.44. The highest BCUT2D eigenvalue weighted by molar-refractivity contribution is 5.82. The zero-order valence-electron chi connectivity index (χ0n) is 8.49. The first-order valence-corrected chi connectivity index (χ1v) is 5.31. The van der Waals surface area contributed by atoms with Crippen LogP contribution in [-0.2, 0) is 0 Å². The molecule has 2 nitrogen and oxygen atoms in total. The Balaban J connectivity index is 2.08. The van der Waals surface area contributed by atoms with Gasteiger partial charge in [-0.15, -0.1) is 0 Å². The zero-order chi connectivity index (χ0) is 10.1. The lowest BCUT2D eigenvalue weighted by Gasteiger charge is -2.14. The summed E-state index contributed by atoms with van der Waals surface area (Å²) < 4.78 is 5.44. The van der Waals surface area contributed by atoms with Gasteiger partial charge in [0.15, 0.2) is 0 Å². The van der Waals surface area contributed by atoms with Crippen molar-refractivity contribution in [2.75, 3.05) is 13.1 Å². The molecular weight excluding hydrogens is 186 g/mol. The summed E-state index contributed by atoms with van der Waals surface area (Å²) in [4.78, 5) is 0. The minimum Gasteiger partial charge on any atom is -0.464 e. The van der Waals surface area contributed by atoms with Crippen LogP contribution in [-0.4, -0.2) is 13.1 Å². The van der Waals surface area contributed by atoms with Crippen LogP contribution in [0.25, 0.3) is 16.9 Å². The van der Waals surface area contributed by atoms with E-state index in [1.54, 1.807) is 6.26 Å². The standard InChI is InChI=1S/C13H13NO/c1-2-12-11(3-4-13(12)15-9-1)10-5-7-14-8-6-10/h1-5,9,14H,6-8H2. The Bertz CT molecular complexity index is 469. The van der Waals surface area contributed by atoms with Gasteiger partial charge in [0.2, 0.25) is 0 Å². The van der Waals surface area contributed by atoms with E-state index in [2.05, 4.69) is 23.5 Å². The number of rotatable bonds is 1. The van der Waals surface area contributed by atoms with E-state index in [1.807, 2.05) is 12.1 Å². The molecule has 0 spiro atoms. The first-order valence-electron chi connectivity index (χ1n) is 5.31. The Morgan fingerprint density at radius 2 is 2.13 bits per heavy atom. The third kappa shape index (κ3) is 1.47. The summed E-state index contributed by atoms with van der Waals surface area (Å²) in [5.74, 6) is 0.979. The van der Waals surface area contributed by atoms with Crippen LogP contribution in [0, 0.1) is 0 Å². The molecule has 0 saturated carbocycles. The van der Waals surface area contributed by atoms with Gasteiger partial charge in [0.05, 0.1) is 6.26 Å². The molecule has 0 radical (unpaired) electrons. The summed E-state index contributed by atoms with van der Waals surface area (Å²) in [7, 11) is 0. The van der Waals surface area contributed by atoms with Gasteiger partial charge in [-0.05, 0) is 42.3 Å².